The van der Waals surface area contributed by atoms with Gasteiger partial charge in [-0.15, -0.1) is 0 Å². The number of fused-ring (bicyclic) bond motifs is 1. The average molecular weight is 292 g/mol. The van der Waals surface area contributed by atoms with Crippen LogP contribution in [-0.4, -0.2) is 21.1 Å². The van der Waals surface area contributed by atoms with E-state index in [1.54, 1.807) is 0 Å². The third kappa shape index (κ3) is 2.12. The lowest BCUT2D eigenvalue weighted by atomic mass is 9.92. The van der Waals surface area contributed by atoms with Crippen LogP contribution in [0.2, 0.25) is 0 Å². The molecule has 3 rings (SSSR count). The van der Waals surface area contributed by atoms with Gasteiger partial charge in [-0.3, -0.25) is 19.0 Å². The molecule has 108 valence electrons. The fourth-order valence-corrected chi connectivity index (χ4v) is 2.29. The van der Waals surface area contributed by atoms with E-state index in [0.717, 1.165) is 6.07 Å². The highest BCUT2D eigenvalue weighted by molar-refractivity contribution is 6.03. The first-order valence-electron chi connectivity index (χ1n) is 9.62. The Bertz CT molecular complexity index is 1090. The van der Waals surface area contributed by atoms with Crippen LogP contribution in [-0.2, 0) is 9.59 Å². The normalized spacial score (nSPS) is 27.0. The van der Waals surface area contributed by atoms with Gasteiger partial charge < -0.3 is 5.73 Å². The summed E-state index contributed by atoms with van der Waals surface area (Å²) in [5.41, 5.74) is 3.90. The summed E-state index contributed by atoms with van der Waals surface area (Å²) < 4.78 is 55.3. The van der Waals surface area contributed by atoms with Crippen molar-refractivity contribution in [3.05, 3.63) is 34.3 Å². The SMILES string of the molecule is [2H]c1cc([2H])c2nc(C([2H])([2H])[2H])n(C3C(=O)CC(=O)CC3([2H])[2H])c(=O)c2c1N. The van der Waals surface area contributed by atoms with E-state index < -0.39 is 66.5 Å². The maximum absolute atomic E-state index is 13.2. The minimum Gasteiger partial charge on any atom is -0.398 e. The predicted octanol–water partition coefficient (Wildman–Crippen LogP) is 1.15. The molecule has 1 aliphatic carbocycles. The van der Waals surface area contributed by atoms with E-state index in [2.05, 4.69) is 4.98 Å². The van der Waals surface area contributed by atoms with Crippen molar-refractivity contribution in [2.75, 3.05) is 5.73 Å². The van der Waals surface area contributed by atoms with E-state index in [0.29, 0.717) is 4.57 Å². The van der Waals surface area contributed by atoms with Gasteiger partial charge in [-0.05, 0) is 25.3 Å². The zero-order valence-electron chi connectivity index (χ0n) is 17.8. The molecule has 1 atom stereocenters. The molecule has 1 heterocycles. The number of rotatable bonds is 1. The van der Waals surface area contributed by atoms with Gasteiger partial charge in [-0.1, -0.05) is 6.07 Å². The van der Waals surface area contributed by atoms with Crippen molar-refractivity contribution in [2.45, 2.75) is 32.1 Å². The molecule has 1 saturated carbocycles. The van der Waals surface area contributed by atoms with Gasteiger partial charge in [0.15, 0.2) is 5.78 Å². The van der Waals surface area contributed by atoms with Gasteiger partial charge in [0.1, 0.15) is 11.6 Å². The Labute approximate surface area is 130 Å². The van der Waals surface area contributed by atoms with Crippen molar-refractivity contribution in [1.82, 2.24) is 9.55 Å². The number of benzene rings is 1. The molecule has 1 aliphatic rings. The van der Waals surface area contributed by atoms with Gasteiger partial charge in [0, 0.05) is 19.0 Å². The summed E-state index contributed by atoms with van der Waals surface area (Å²) in [6.45, 7) is -3.02. The van der Waals surface area contributed by atoms with Crippen molar-refractivity contribution >= 4 is 28.2 Å². The second-order valence-corrected chi connectivity index (χ2v) is 4.65. The molecule has 2 N–H and O–H groups in total. The second-order valence-electron chi connectivity index (χ2n) is 4.65. The molecule has 6 nitrogen and oxygen atoms in total. The molecule has 0 aliphatic heterocycles. The number of aromatic nitrogens is 2. The van der Waals surface area contributed by atoms with Crippen LogP contribution < -0.4 is 11.3 Å². The van der Waals surface area contributed by atoms with Gasteiger partial charge in [0.05, 0.1) is 26.1 Å². The fourth-order valence-electron chi connectivity index (χ4n) is 2.29. The summed E-state index contributed by atoms with van der Waals surface area (Å²) in [6, 6.07) is -1.66. The Morgan fingerprint density at radius 1 is 1.48 bits per heavy atom. The minimum atomic E-state index is -3.02. The number of carbonyl (C=O) groups is 2. The highest BCUT2D eigenvalue weighted by Crippen LogP contribution is 2.24. The quantitative estimate of drug-likeness (QED) is 0.628. The lowest BCUT2D eigenvalue weighted by molar-refractivity contribution is -0.132. The van der Waals surface area contributed by atoms with E-state index in [1.165, 1.54) is 0 Å². The molecule has 0 amide bonds. The fraction of sp³-hybridized carbons (Fsp3) is 0.333. The molecule has 1 aromatic heterocycles. The Kier molecular flexibility index (Phi) is 1.71. The van der Waals surface area contributed by atoms with Gasteiger partial charge in [-0.25, -0.2) is 4.98 Å². The number of Topliss-reactive ketones (excluding diaryl/α,β-unsaturated/α-hetero) is 2. The topological polar surface area (TPSA) is 95.0 Å². The summed E-state index contributed by atoms with van der Waals surface area (Å²) in [7, 11) is 0. The Morgan fingerprint density at radius 3 is 3.00 bits per heavy atom. The van der Waals surface area contributed by atoms with E-state index in [4.69, 9.17) is 15.3 Å². The third-order valence-electron chi connectivity index (χ3n) is 3.25. The smallest absolute Gasteiger partial charge is 0.264 e. The second kappa shape index (κ2) is 4.80. The van der Waals surface area contributed by atoms with Crippen molar-refractivity contribution in [3.63, 3.8) is 0 Å². The zero-order valence-corrected chi connectivity index (χ0v) is 10.8. The van der Waals surface area contributed by atoms with Crippen molar-refractivity contribution in [2.24, 2.45) is 0 Å². The average Bonchev–Trinajstić information content (AvgIpc) is 2.51. The van der Waals surface area contributed by atoms with Crippen LogP contribution in [0, 0.1) is 6.85 Å². The molecular weight excluding hydrogens is 270 g/mol. The number of carbonyl (C=O) groups excluding carboxylic acids is 2. The van der Waals surface area contributed by atoms with Crippen LogP contribution in [0.3, 0.4) is 0 Å². The zero-order chi connectivity index (χ0) is 21.2. The summed E-state index contributed by atoms with van der Waals surface area (Å²) >= 11 is 0. The van der Waals surface area contributed by atoms with Crippen LogP contribution >= 0.6 is 0 Å². The number of aryl methyl sites for hydroxylation is 1. The molecule has 0 radical (unpaired) electrons. The lowest BCUT2D eigenvalue weighted by Gasteiger charge is -2.24. The molecule has 1 aromatic carbocycles. The van der Waals surface area contributed by atoms with Crippen LogP contribution in [0.25, 0.3) is 10.9 Å². The number of hydrogen-bond acceptors (Lipinski definition) is 5. The van der Waals surface area contributed by atoms with Crippen LogP contribution in [0.5, 0.6) is 0 Å². The van der Waals surface area contributed by atoms with E-state index in [-0.39, 0.29) is 17.2 Å². The monoisotopic (exact) mass is 292 g/mol. The number of nitrogens with zero attached hydrogens (tertiary/aromatic N) is 2. The summed E-state index contributed by atoms with van der Waals surface area (Å²) in [5.74, 6) is -2.50. The Hall–Kier alpha value is -2.50. The van der Waals surface area contributed by atoms with Crippen molar-refractivity contribution < 1.29 is 19.2 Å². The standard InChI is InChI=1S/C15H15N3O3/c1-8-17-11-4-2-3-10(16)14(11)15(21)18(8)12-6-5-9(19)7-13(12)20/h2-4,12H,5-7,16H2,1H3/i1D3,3D,4D,6D2. The van der Waals surface area contributed by atoms with Crippen molar-refractivity contribution in [3.8, 4) is 0 Å². The first-order valence-corrected chi connectivity index (χ1v) is 6.12. The van der Waals surface area contributed by atoms with E-state index in [1.807, 2.05) is 0 Å². The van der Waals surface area contributed by atoms with Crippen LogP contribution in [0.4, 0.5) is 5.69 Å². The largest absolute Gasteiger partial charge is 0.398 e. The Morgan fingerprint density at radius 2 is 2.29 bits per heavy atom. The highest BCUT2D eigenvalue weighted by Gasteiger charge is 2.30. The molecule has 0 bridgehead atoms. The summed E-state index contributed by atoms with van der Waals surface area (Å²) in [4.78, 5) is 41.1. The molecule has 1 fully saturated rings. The summed E-state index contributed by atoms with van der Waals surface area (Å²) in [6.07, 6.45) is -3.85. The number of anilines is 1. The molecule has 6 heteroatoms. The molecule has 21 heavy (non-hydrogen) atoms. The van der Waals surface area contributed by atoms with Gasteiger partial charge in [-0.2, -0.15) is 0 Å². The maximum atomic E-state index is 13.2. The first-order chi connectivity index (χ1) is 12.8. The number of nitrogen functional groups attached to an aromatic ring is 1. The number of ketones is 2. The molecule has 0 saturated heterocycles. The maximum Gasteiger partial charge on any atom is 0.264 e. The number of hydrogen-bond donors (Lipinski definition) is 1. The molecule has 1 unspecified atom stereocenters. The summed E-state index contributed by atoms with van der Waals surface area (Å²) in [5, 5.41) is -0.439. The third-order valence-corrected chi connectivity index (χ3v) is 3.25. The Balaban J connectivity index is 2.50. The van der Waals surface area contributed by atoms with E-state index >= 15 is 0 Å². The van der Waals surface area contributed by atoms with Crippen LogP contribution in [0.1, 0.15) is 40.7 Å². The molecule has 0 spiro atoms. The first kappa shape index (κ1) is 7.49. The molecule has 2 aromatic rings. The van der Waals surface area contributed by atoms with Gasteiger partial charge >= 0.3 is 0 Å². The predicted molar refractivity (Wildman–Crippen MR) is 78.1 cm³/mol. The number of nitrogens with two attached hydrogens (primary N) is 1. The lowest BCUT2D eigenvalue weighted by Crippen LogP contribution is -2.36. The van der Waals surface area contributed by atoms with Crippen molar-refractivity contribution in [1.29, 1.82) is 0 Å². The van der Waals surface area contributed by atoms with E-state index in [9.17, 15) is 14.4 Å². The van der Waals surface area contributed by atoms with Crippen LogP contribution in [0.15, 0.2) is 22.9 Å². The van der Waals surface area contributed by atoms with Gasteiger partial charge in [0.25, 0.3) is 5.56 Å². The highest BCUT2D eigenvalue weighted by atomic mass is 16.2. The minimum absolute atomic E-state index is 0.360. The molecular formula is C15H15N3O3. The van der Waals surface area contributed by atoms with Gasteiger partial charge in [0.2, 0.25) is 0 Å².